The molecule has 3 aliphatic carbocycles. The number of sulfonamides is 1. The smallest absolute Gasteiger partial charge is 0.407 e. The lowest BCUT2D eigenvalue weighted by Gasteiger charge is -2.29. The molecule has 15 nitrogen and oxygen atoms in total. The van der Waals surface area contributed by atoms with Crippen LogP contribution in [0.2, 0.25) is 0 Å². The maximum absolute atomic E-state index is 16.2. The van der Waals surface area contributed by atoms with E-state index in [0.29, 0.717) is 44.3 Å². The lowest BCUT2D eigenvalue weighted by Crippen LogP contribution is -2.58. The van der Waals surface area contributed by atoms with Crippen LogP contribution in [0.25, 0.3) is 11.0 Å². The van der Waals surface area contributed by atoms with Gasteiger partial charge in [0.1, 0.15) is 36.1 Å². The fraction of sp³-hybridized carbons (Fsp3) is 0.700. The van der Waals surface area contributed by atoms with E-state index in [1.54, 1.807) is 13.0 Å². The molecular weight excluding hydrogens is 779 g/mol. The van der Waals surface area contributed by atoms with Crippen molar-refractivity contribution in [2.75, 3.05) is 20.2 Å². The molecule has 0 unspecified atom stereocenters. The maximum Gasteiger partial charge on any atom is 0.407 e. The normalized spacial score (nSPS) is 29.5. The summed E-state index contributed by atoms with van der Waals surface area (Å²) < 4.78 is 77.0. The SMILES string of the molecule is CC(C)C.CC[C@@H]1[C@@H]2CN(C(=O)CNC(=O)O[C@@H]3C[C@H]3CCCCC(F)(F)c3nc4ccc(OC)cc4nc3O2)[C@@H]1C(=O)N[C@]1(C(=O)NS(=O)(=O)C2CC2)C[C@H]1CC.[HH].[HH].[HH]. The Morgan fingerprint density at radius 3 is 2.41 bits per heavy atom. The molecule has 7 atom stereocenters. The van der Waals surface area contributed by atoms with Gasteiger partial charge in [0.25, 0.3) is 11.8 Å². The van der Waals surface area contributed by atoms with Gasteiger partial charge < -0.3 is 29.7 Å². The molecule has 0 radical (unpaired) electrons. The first-order valence-corrected chi connectivity index (χ1v) is 22.0. The van der Waals surface area contributed by atoms with Crippen molar-refractivity contribution in [3.05, 3.63) is 23.9 Å². The van der Waals surface area contributed by atoms with E-state index in [9.17, 15) is 27.6 Å². The van der Waals surface area contributed by atoms with Gasteiger partial charge in [-0.1, -0.05) is 47.5 Å². The zero-order valence-corrected chi connectivity index (χ0v) is 34.8. The minimum Gasteiger partial charge on any atom is -0.497 e. The van der Waals surface area contributed by atoms with Crippen LogP contribution in [-0.4, -0.2) is 96.3 Å². The summed E-state index contributed by atoms with van der Waals surface area (Å²) in [6, 6.07) is 3.36. The van der Waals surface area contributed by atoms with Crippen molar-refractivity contribution in [2.24, 2.45) is 23.7 Å². The zero-order chi connectivity index (χ0) is 42.2. The van der Waals surface area contributed by atoms with E-state index in [1.807, 2.05) is 6.92 Å². The molecule has 3 heterocycles. The molecule has 2 aromatic rings. The molecule has 2 bridgehead atoms. The van der Waals surface area contributed by atoms with Gasteiger partial charge in [-0.3, -0.25) is 19.1 Å². The summed E-state index contributed by atoms with van der Waals surface area (Å²) in [7, 11) is -2.47. The first kappa shape index (κ1) is 43.2. The molecule has 3 saturated carbocycles. The van der Waals surface area contributed by atoms with E-state index in [2.05, 4.69) is 46.1 Å². The van der Waals surface area contributed by atoms with Crippen molar-refractivity contribution in [2.45, 2.75) is 134 Å². The number of rotatable bonds is 8. The van der Waals surface area contributed by atoms with E-state index in [1.165, 1.54) is 24.1 Å². The Morgan fingerprint density at radius 2 is 1.78 bits per heavy atom. The van der Waals surface area contributed by atoms with Crippen molar-refractivity contribution in [1.29, 1.82) is 0 Å². The predicted molar refractivity (Wildman–Crippen MR) is 215 cm³/mol. The number of alkyl carbamates (subject to hydrolysis) is 1. The highest BCUT2D eigenvalue weighted by molar-refractivity contribution is 7.91. The molecule has 1 aromatic heterocycles. The average molecular weight is 841 g/mol. The van der Waals surface area contributed by atoms with E-state index in [4.69, 9.17) is 14.2 Å². The second-order valence-corrected chi connectivity index (χ2v) is 18.8. The molecule has 2 aliphatic heterocycles. The van der Waals surface area contributed by atoms with Crippen LogP contribution in [0.1, 0.15) is 109 Å². The Kier molecular flexibility index (Phi) is 12.7. The third-order valence-electron chi connectivity index (χ3n) is 11.5. The van der Waals surface area contributed by atoms with Crippen molar-refractivity contribution in [1.82, 2.24) is 30.2 Å². The lowest BCUT2D eigenvalue weighted by atomic mass is 9.93. The van der Waals surface area contributed by atoms with E-state index in [-0.39, 0.29) is 53.0 Å². The van der Waals surface area contributed by atoms with Gasteiger partial charge in [-0.25, -0.2) is 23.2 Å². The number of methoxy groups -OCH3 is 1. The van der Waals surface area contributed by atoms with Crippen LogP contribution in [-0.2, 0) is 35.1 Å². The average Bonchev–Trinajstić information content (AvgIpc) is 4.09. The summed E-state index contributed by atoms with van der Waals surface area (Å²) in [5, 5.41) is 4.59. The molecule has 0 spiro atoms. The number of nitrogens with zero attached hydrogens (tertiary/aromatic N) is 3. The van der Waals surface area contributed by atoms with Gasteiger partial charge in [0.15, 0.2) is 5.69 Å². The molecule has 3 N–H and O–H groups in total. The summed E-state index contributed by atoms with van der Waals surface area (Å²) in [5.74, 6) is -6.09. The van der Waals surface area contributed by atoms with Crippen LogP contribution >= 0.6 is 0 Å². The number of carbonyl (C=O) groups excluding carboxylic acids is 4. The van der Waals surface area contributed by atoms with Gasteiger partial charge in [-0.2, -0.15) is 8.78 Å². The number of fused-ring (bicyclic) bond motifs is 5. The van der Waals surface area contributed by atoms with Crippen LogP contribution in [0.5, 0.6) is 11.6 Å². The fourth-order valence-corrected chi connectivity index (χ4v) is 9.31. The Morgan fingerprint density at radius 1 is 1.05 bits per heavy atom. The number of amides is 4. The Labute approximate surface area is 342 Å². The molecule has 1 aromatic carbocycles. The molecule has 4 amide bonds. The second-order valence-electron chi connectivity index (χ2n) is 16.9. The van der Waals surface area contributed by atoms with Crippen molar-refractivity contribution < 1.29 is 54.9 Å². The second kappa shape index (κ2) is 17.1. The van der Waals surface area contributed by atoms with Gasteiger partial charge in [0, 0.05) is 22.7 Å². The highest BCUT2D eigenvalue weighted by Crippen LogP contribution is 2.48. The first-order valence-electron chi connectivity index (χ1n) is 20.5. The third-order valence-corrected chi connectivity index (χ3v) is 13.3. The van der Waals surface area contributed by atoms with Gasteiger partial charge >= 0.3 is 6.09 Å². The molecule has 4 fully saturated rings. The van der Waals surface area contributed by atoms with Gasteiger partial charge in [-0.05, 0) is 74.8 Å². The summed E-state index contributed by atoms with van der Waals surface area (Å²) in [6.07, 6.45) is 0.712. The minimum atomic E-state index is -3.93. The number of nitrogens with one attached hydrogen (secondary N) is 3. The van der Waals surface area contributed by atoms with Gasteiger partial charge in [0.05, 0.1) is 29.9 Å². The quantitative estimate of drug-likeness (QED) is 0.295. The van der Waals surface area contributed by atoms with Crippen molar-refractivity contribution in [3.63, 3.8) is 0 Å². The van der Waals surface area contributed by atoms with Crippen LogP contribution < -0.4 is 24.8 Å². The summed E-state index contributed by atoms with van der Waals surface area (Å²) in [5.41, 5.74) is -1.77. The number of ether oxygens (including phenoxy) is 3. The fourth-order valence-electron chi connectivity index (χ4n) is 7.94. The van der Waals surface area contributed by atoms with Crippen LogP contribution in [0.4, 0.5) is 13.6 Å². The third kappa shape index (κ3) is 9.57. The maximum atomic E-state index is 16.2. The number of aromatic nitrogens is 2. The number of benzene rings is 1. The minimum absolute atomic E-state index is 0. The van der Waals surface area contributed by atoms with Crippen LogP contribution in [0.15, 0.2) is 18.2 Å². The zero-order valence-electron chi connectivity index (χ0n) is 34.0. The predicted octanol–water partition coefficient (Wildman–Crippen LogP) is 5.70. The van der Waals surface area contributed by atoms with Crippen molar-refractivity contribution in [3.8, 4) is 11.6 Å². The largest absolute Gasteiger partial charge is 0.497 e. The van der Waals surface area contributed by atoms with E-state index < -0.39 is 99.3 Å². The number of carbonyl (C=O) groups is 4. The van der Waals surface area contributed by atoms with E-state index in [0.717, 1.165) is 5.92 Å². The van der Waals surface area contributed by atoms with E-state index >= 15 is 8.78 Å². The standard InChI is InChI=1S/C36H46F2N6O9S.C4H10.3H2/c1-4-20-16-35(20,33(47)43-54(49,50)22-10-11-22)42-31(46)29-23(5-2)27-18-44(29)28(45)17-39-34(48)53-26-14-19(26)8-6-7-13-36(37,38)30-32(52-27)41-25-15-21(51-3)9-12-24(25)40-30;1-4(2)3;;;/h9,12,15,19-20,22-23,26-27,29H,4-8,10-11,13-14,16-18H2,1-3H3,(H,39,48)(H,42,46)(H,43,47);4H,1-3H3;3*1H/t19-,20-,23-,26-,27+,29+,35-;;;;/m1..../s1. The summed E-state index contributed by atoms with van der Waals surface area (Å²) >= 11 is 0. The van der Waals surface area contributed by atoms with Crippen LogP contribution in [0.3, 0.4) is 0 Å². The molecule has 7 rings (SSSR count). The van der Waals surface area contributed by atoms with Gasteiger partial charge in [0.2, 0.25) is 27.7 Å². The molecule has 18 heteroatoms. The topological polar surface area (TPSA) is 195 Å². The molecule has 58 heavy (non-hydrogen) atoms. The number of halogens is 2. The van der Waals surface area contributed by atoms with Gasteiger partial charge in [-0.15, -0.1) is 0 Å². The molecule has 326 valence electrons. The summed E-state index contributed by atoms with van der Waals surface area (Å²) in [4.78, 5) is 64.5. The molecule has 5 aliphatic rings. The number of hydrogen-bond donors (Lipinski definition) is 3. The first-order chi connectivity index (χ1) is 27.4. The number of hydrogen-bond acceptors (Lipinski definition) is 11. The van der Waals surface area contributed by atoms with Crippen LogP contribution in [0, 0.1) is 23.7 Å². The monoisotopic (exact) mass is 840 g/mol. The van der Waals surface area contributed by atoms with Crippen molar-refractivity contribution >= 4 is 44.9 Å². The molecule has 1 saturated heterocycles. The number of alkyl halides is 2. The Balaban J connectivity index is 0.00000136. The lowest BCUT2D eigenvalue weighted by molar-refractivity contribution is -0.140. The Bertz CT molecular complexity index is 2010. The highest BCUT2D eigenvalue weighted by Gasteiger charge is 2.63. The summed E-state index contributed by atoms with van der Waals surface area (Å²) in [6.45, 7) is 9.27. The Hall–Kier alpha value is -4.35. The highest BCUT2D eigenvalue weighted by atomic mass is 32.2. The molecular formula is C40H62F2N6O9S.